The summed E-state index contributed by atoms with van der Waals surface area (Å²) in [4.78, 5) is 45.1. The molecule has 2 aromatic carbocycles. The van der Waals surface area contributed by atoms with Gasteiger partial charge in [-0.15, -0.1) is 0 Å². The molecule has 1 unspecified atom stereocenters. The number of aliphatic hydroxyl groups excluding tert-OH is 1. The first kappa shape index (κ1) is 26.6. The Morgan fingerprint density at radius 2 is 1.89 bits per heavy atom. The smallest absolute Gasteiger partial charge is 0.350 e. The zero-order valence-corrected chi connectivity index (χ0v) is 22.5. The van der Waals surface area contributed by atoms with Crippen LogP contribution in [-0.4, -0.2) is 34.4 Å². The van der Waals surface area contributed by atoms with Crippen LogP contribution in [0.1, 0.15) is 43.7 Å². The summed E-state index contributed by atoms with van der Waals surface area (Å²) in [5.41, 5.74) is 2.65. The average molecular weight is 557 g/mol. The number of carbonyl (C=O) groups is 3. The summed E-state index contributed by atoms with van der Waals surface area (Å²) in [7, 11) is 0. The summed E-state index contributed by atoms with van der Waals surface area (Å²) in [6.07, 6.45) is 1.44. The second-order valence-corrected chi connectivity index (χ2v) is 10.3. The van der Waals surface area contributed by atoms with E-state index in [1.54, 1.807) is 32.0 Å². The van der Waals surface area contributed by atoms with Gasteiger partial charge in [0.05, 0.1) is 27.4 Å². The maximum absolute atomic E-state index is 13.4. The van der Waals surface area contributed by atoms with Crippen molar-refractivity contribution in [3.63, 3.8) is 0 Å². The lowest BCUT2D eigenvalue weighted by Gasteiger charge is -2.23. The van der Waals surface area contributed by atoms with Crippen LogP contribution < -0.4 is 4.90 Å². The quantitative estimate of drug-likeness (QED) is 0.125. The van der Waals surface area contributed by atoms with Crippen LogP contribution in [0, 0.1) is 20.8 Å². The summed E-state index contributed by atoms with van der Waals surface area (Å²) in [6.45, 7) is 8.79. The Kier molecular flexibility index (Phi) is 7.54. The molecule has 7 nitrogen and oxygen atoms in total. The molecule has 4 rings (SSSR count). The van der Waals surface area contributed by atoms with Gasteiger partial charge in [-0.05, 0) is 50.1 Å². The summed E-state index contributed by atoms with van der Waals surface area (Å²) in [6, 6.07) is 9.06. The molecule has 1 fully saturated rings. The van der Waals surface area contributed by atoms with Crippen LogP contribution >= 0.6 is 34.5 Å². The number of aromatic nitrogens is 1. The first-order valence-corrected chi connectivity index (χ1v) is 12.7. The molecule has 1 N–H and O–H groups in total. The van der Waals surface area contributed by atoms with E-state index in [4.69, 9.17) is 27.9 Å². The number of thiazole rings is 1. The molecule has 2 heterocycles. The van der Waals surface area contributed by atoms with Gasteiger partial charge in [-0.1, -0.05) is 71.0 Å². The lowest BCUT2D eigenvalue weighted by molar-refractivity contribution is -0.132. The number of carbonyl (C=O) groups excluding carboxylic acids is 3. The Morgan fingerprint density at radius 1 is 1.16 bits per heavy atom. The molecule has 1 aliphatic rings. The molecule has 37 heavy (non-hydrogen) atoms. The highest BCUT2D eigenvalue weighted by molar-refractivity contribution is 7.17. The molecule has 10 heteroatoms. The van der Waals surface area contributed by atoms with Gasteiger partial charge in [-0.25, -0.2) is 9.78 Å². The van der Waals surface area contributed by atoms with Gasteiger partial charge in [0.1, 0.15) is 17.2 Å². The van der Waals surface area contributed by atoms with Crippen LogP contribution in [0.3, 0.4) is 0 Å². The lowest BCUT2D eigenvalue weighted by Crippen LogP contribution is -2.29. The number of halogens is 2. The van der Waals surface area contributed by atoms with E-state index >= 15 is 0 Å². The summed E-state index contributed by atoms with van der Waals surface area (Å²) >= 11 is 13.3. The van der Waals surface area contributed by atoms with E-state index in [-0.39, 0.29) is 38.0 Å². The van der Waals surface area contributed by atoms with Gasteiger partial charge in [0.25, 0.3) is 5.78 Å². The maximum atomic E-state index is 13.4. The monoisotopic (exact) mass is 556 g/mol. The molecule has 0 spiro atoms. The van der Waals surface area contributed by atoms with Crippen LogP contribution in [0.4, 0.5) is 5.13 Å². The largest absolute Gasteiger partial charge is 0.507 e. The predicted molar refractivity (Wildman–Crippen MR) is 144 cm³/mol. The highest BCUT2D eigenvalue weighted by Gasteiger charge is 2.48. The number of ether oxygens (including phenoxy) is 1. The lowest BCUT2D eigenvalue weighted by atomic mass is 9.93. The molecule has 1 atom stereocenters. The van der Waals surface area contributed by atoms with Crippen molar-refractivity contribution in [2.75, 3.05) is 11.5 Å². The summed E-state index contributed by atoms with van der Waals surface area (Å²) < 4.78 is 5.13. The Labute approximate surface area is 227 Å². The number of esters is 1. The van der Waals surface area contributed by atoms with Crippen molar-refractivity contribution in [2.45, 2.75) is 26.8 Å². The molecule has 190 valence electrons. The number of aliphatic hydroxyl groups is 1. The Balaban J connectivity index is 1.94. The second-order valence-electron chi connectivity index (χ2n) is 8.46. The fourth-order valence-corrected chi connectivity index (χ4v) is 5.33. The minimum absolute atomic E-state index is 0.00907. The fraction of sp³-hybridized carbons (Fsp3) is 0.185. The van der Waals surface area contributed by atoms with Crippen molar-refractivity contribution < 1.29 is 24.2 Å². The van der Waals surface area contributed by atoms with E-state index in [1.165, 1.54) is 17.0 Å². The molecule has 0 radical (unpaired) electrons. The third-order valence-corrected chi connectivity index (χ3v) is 7.74. The first-order chi connectivity index (χ1) is 17.5. The van der Waals surface area contributed by atoms with Crippen molar-refractivity contribution in [3.8, 4) is 0 Å². The minimum Gasteiger partial charge on any atom is -0.507 e. The van der Waals surface area contributed by atoms with Crippen LogP contribution in [-0.2, 0) is 14.3 Å². The van der Waals surface area contributed by atoms with E-state index in [0.717, 1.165) is 22.5 Å². The number of amides is 1. The van der Waals surface area contributed by atoms with E-state index < -0.39 is 23.7 Å². The normalized spacial score (nSPS) is 16.8. The van der Waals surface area contributed by atoms with Gasteiger partial charge >= 0.3 is 11.9 Å². The molecule has 1 saturated heterocycles. The van der Waals surface area contributed by atoms with Gasteiger partial charge < -0.3 is 9.84 Å². The Bertz CT molecular complexity index is 1490. The van der Waals surface area contributed by atoms with Crippen molar-refractivity contribution in [2.24, 2.45) is 0 Å². The topological polar surface area (TPSA) is 96.8 Å². The van der Waals surface area contributed by atoms with Crippen molar-refractivity contribution in [3.05, 3.63) is 97.5 Å². The van der Waals surface area contributed by atoms with Crippen LogP contribution in [0.5, 0.6) is 0 Å². The highest BCUT2D eigenvalue weighted by atomic mass is 35.5. The van der Waals surface area contributed by atoms with Crippen molar-refractivity contribution in [1.29, 1.82) is 0 Å². The number of anilines is 1. The number of ketones is 1. The van der Waals surface area contributed by atoms with Gasteiger partial charge in [0.2, 0.25) is 0 Å². The van der Waals surface area contributed by atoms with Crippen LogP contribution in [0.2, 0.25) is 10.0 Å². The second kappa shape index (κ2) is 10.5. The Morgan fingerprint density at radius 3 is 2.57 bits per heavy atom. The van der Waals surface area contributed by atoms with E-state index in [2.05, 4.69) is 11.6 Å². The van der Waals surface area contributed by atoms with Gasteiger partial charge in [0, 0.05) is 5.56 Å². The van der Waals surface area contributed by atoms with E-state index in [9.17, 15) is 19.5 Å². The minimum atomic E-state index is -1.07. The third-order valence-electron chi connectivity index (χ3n) is 5.86. The molecule has 0 saturated carbocycles. The number of aryl methyl sites for hydroxylation is 3. The van der Waals surface area contributed by atoms with Gasteiger partial charge in [0.15, 0.2) is 5.13 Å². The SMILES string of the molecule is C=CCOC(=O)c1sc(N2C(=O)C(=O)C(=C(O)c3cc(C)ccc3C)C2c2ccc(Cl)c(Cl)c2)nc1C. The predicted octanol–water partition coefficient (Wildman–Crippen LogP) is 6.34. The van der Waals surface area contributed by atoms with Crippen molar-refractivity contribution in [1.82, 2.24) is 4.98 Å². The molecule has 1 amide bonds. The zero-order chi connectivity index (χ0) is 27.0. The number of rotatable bonds is 6. The summed E-state index contributed by atoms with van der Waals surface area (Å²) in [5.74, 6) is -2.74. The molecular weight excluding hydrogens is 535 g/mol. The number of Topliss-reactive ketones (excluding diaryl/α,β-unsaturated/α-hetero) is 1. The highest BCUT2D eigenvalue weighted by Crippen LogP contribution is 2.45. The fourth-order valence-electron chi connectivity index (χ4n) is 4.04. The van der Waals surface area contributed by atoms with Gasteiger partial charge in [-0.3, -0.25) is 14.5 Å². The zero-order valence-electron chi connectivity index (χ0n) is 20.2. The standard InChI is InChI=1S/C27H22Cl2N2O5S/c1-5-10-36-26(35)24-15(4)30-27(37-24)31-21(16-8-9-18(28)19(29)12-16)20(23(33)25(31)34)22(32)17-11-13(2)6-7-14(17)3/h5-9,11-12,21,32H,1,10H2,2-4H3. The molecule has 0 aliphatic carbocycles. The van der Waals surface area contributed by atoms with E-state index in [0.29, 0.717) is 16.8 Å². The molecule has 0 bridgehead atoms. The molecule has 3 aromatic rings. The average Bonchev–Trinajstić information content (AvgIpc) is 3.37. The third kappa shape index (κ3) is 4.92. The van der Waals surface area contributed by atoms with Crippen molar-refractivity contribution >= 4 is 63.1 Å². The molecule has 1 aromatic heterocycles. The number of benzene rings is 2. The number of hydrogen-bond acceptors (Lipinski definition) is 7. The first-order valence-electron chi connectivity index (χ1n) is 11.1. The van der Waals surface area contributed by atoms with Crippen LogP contribution in [0.15, 0.2) is 54.6 Å². The Hall–Kier alpha value is -3.46. The maximum Gasteiger partial charge on any atom is 0.350 e. The molecular formula is C27H22Cl2N2O5S. The number of hydrogen-bond donors (Lipinski definition) is 1. The summed E-state index contributed by atoms with van der Waals surface area (Å²) in [5, 5.41) is 12.0. The molecule has 1 aliphatic heterocycles. The van der Waals surface area contributed by atoms with Gasteiger partial charge in [-0.2, -0.15) is 0 Å². The van der Waals surface area contributed by atoms with E-state index in [1.807, 2.05) is 19.1 Å². The van der Waals surface area contributed by atoms with Crippen LogP contribution in [0.25, 0.3) is 5.76 Å². The number of nitrogens with zero attached hydrogens (tertiary/aromatic N) is 2.